The second kappa shape index (κ2) is 7.41. The van der Waals surface area contributed by atoms with Crippen molar-refractivity contribution >= 4 is 17.2 Å². The highest BCUT2D eigenvalue weighted by Crippen LogP contribution is 2.36. The lowest BCUT2D eigenvalue weighted by Crippen LogP contribution is -2.31. The van der Waals surface area contributed by atoms with Crippen molar-refractivity contribution in [2.24, 2.45) is 13.0 Å². The van der Waals surface area contributed by atoms with Gasteiger partial charge in [-0.1, -0.05) is 6.07 Å². The topological polar surface area (TPSA) is 85.8 Å². The summed E-state index contributed by atoms with van der Waals surface area (Å²) in [4.78, 5) is 13.1. The van der Waals surface area contributed by atoms with Gasteiger partial charge in [0.15, 0.2) is 0 Å². The molecule has 3 heterocycles. The highest BCUT2D eigenvalue weighted by Gasteiger charge is 2.27. The fourth-order valence-electron chi connectivity index (χ4n) is 3.39. The van der Waals surface area contributed by atoms with Crippen LogP contribution in [0.25, 0.3) is 10.8 Å². The SMILES string of the molecule is Cn1cc(C(=O)NCC2CCC(c3nnc(-c4cccs4)o3)CC2)cn1. The van der Waals surface area contributed by atoms with Crippen LogP contribution in [0.15, 0.2) is 34.3 Å². The predicted molar refractivity (Wildman–Crippen MR) is 97.9 cm³/mol. The van der Waals surface area contributed by atoms with E-state index in [1.54, 1.807) is 35.5 Å². The average molecular weight is 371 g/mol. The van der Waals surface area contributed by atoms with Gasteiger partial charge in [0.2, 0.25) is 5.89 Å². The van der Waals surface area contributed by atoms with Crippen LogP contribution in [0.3, 0.4) is 0 Å². The minimum absolute atomic E-state index is 0.0577. The van der Waals surface area contributed by atoms with E-state index in [9.17, 15) is 4.79 Å². The lowest BCUT2D eigenvalue weighted by Gasteiger charge is -2.26. The molecule has 1 fully saturated rings. The van der Waals surface area contributed by atoms with Gasteiger partial charge in [-0.3, -0.25) is 9.48 Å². The standard InChI is InChI=1S/C18H21N5O2S/c1-23-11-14(10-20-23)16(24)19-9-12-4-6-13(7-5-12)17-21-22-18(25-17)15-3-2-8-26-15/h2-3,8,10-13H,4-7,9H2,1H3,(H,19,24). The minimum Gasteiger partial charge on any atom is -0.420 e. The molecule has 1 N–H and O–H groups in total. The van der Waals surface area contributed by atoms with E-state index in [-0.39, 0.29) is 5.91 Å². The van der Waals surface area contributed by atoms with Gasteiger partial charge >= 0.3 is 0 Å². The monoisotopic (exact) mass is 371 g/mol. The number of thiophene rings is 1. The van der Waals surface area contributed by atoms with E-state index in [1.807, 2.05) is 17.5 Å². The molecule has 8 heteroatoms. The molecule has 0 spiro atoms. The molecule has 26 heavy (non-hydrogen) atoms. The Morgan fingerprint density at radius 2 is 2.19 bits per heavy atom. The van der Waals surface area contributed by atoms with Gasteiger partial charge in [-0.2, -0.15) is 5.10 Å². The summed E-state index contributed by atoms with van der Waals surface area (Å²) in [6.07, 6.45) is 7.45. The smallest absolute Gasteiger partial charge is 0.257 e. The van der Waals surface area contributed by atoms with Gasteiger partial charge in [0.1, 0.15) is 0 Å². The summed E-state index contributed by atoms with van der Waals surface area (Å²) in [6.45, 7) is 0.699. The van der Waals surface area contributed by atoms with Gasteiger partial charge in [0.05, 0.1) is 16.6 Å². The normalized spacial score (nSPS) is 20.2. The Kier molecular flexibility index (Phi) is 4.83. The zero-order chi connectivity index (χ0) is 17.9. The van der Waals surface area contributed by atoms with Crippen molar-refractivity contribution in [3.05, 3.63) is 41.4 Å². The third-order valence-corrected chi connectivity index (χ3v) is 5.74. The summed E-state index contributed by atoms with van der Waals surface area (Å²) in [7, 11) is 1.81. The summed E-state index contributed by atoms with van der Waals surface area (Å²) in [5, 5.41) is 17.5. The molecule has 3 aromatic heterocycles. The van der Waals surface area contributed by atoms with Crippen LogP contribution in [0, 0.1) is 5.92 Å². The third-order valence-electron chi connectivity index (χ3n) is 4.89. The lowest BCUT2D eigenvalue weighted by molar-refractivity contribution is 0.0942. The fourth-order valence-corrected chi connectivity index (χ4v) is 4.03. The van der Waals surface area contributed by atoms with E-state index < -0.39 is 0 Å². The number of nitrogens with zero attached hydrogens (tertiary/aromatic N) is 4. The number of carbonyl (C=O) groups excluding carboxylic acids is 1. The van der Waals surface area contributed by atoms with Crippen molar-refractivity contribution < 1.29 is 9.21 Å². The number of aromatic nitrogens is 4. The van der Waals surface area contributed by atoms with Crippen LogP contribution in [0.5, 0.6) is 0 Å². The second-order valence-corrected chi connectivity index (χ2v) is 7.70. The quantitative estimate of drug-likeness (QED) is 0.744. The molecule has 1 aliphatic rings. The van der Waals surface area contributed by atoms with Crippen molar-refractivity contribution in [3.63, 3.8) is 0 Å². The van der Waals surface area contributed by atoms with E-state index in [0.29, 0.717) is 29.8 Å². The summed E-state index contributed by atoms with van der Waals surface area (Å²) >= 11 is 1.60. The molecule has 0 bridgehead atoms. The van der Waals surface area contributed by atoms with Crippen LogP contribution in [-0.4, -0.2) is 32.4 Å². The van der Waals surface area contributed by atoms with Crippen LogP contribution in [0.2, 0.25) is 0 Å². The summed E-state index contributed by atoms with van der Waals surface area (Å²) < 4.78 is 7.50. The Labute approximate surface area is 155 Å². The number of amides is 1. The molecular formula is C18H21N5O2S. The third kappa shape index (κ3) is 3.70. The molecule has 1 saturated carbocycles. The van der Waals surface area contributed by atoms with Gasteiger partial charge < -0.3 is 9.73 Å². The van der Waals surface area contributed by atoms with Gasteiger partial charge in [-0.05, 0) is 43.0 Å². The van der Waals surface area contributed by atoms with Gasteiger partial charge in [-0.15, -0.1) is 21.5 Å². The summed E-state index contributed by atoms with van der Waals surface area (Å²) in [5.41, 5.74) is 0.605. The Hall–Kier alpha value is -2.48. The predicted octanol–water partition coefficient (Wildman–Crippen LogP) is 3.24. The van der Waals surface area contributed by atoms with Crippen molar-refractivity contribution in [2.75, 3.05) is 6.54 Å². The fraction of sp³-hybridized carbons (Fsp3) is 0.444. The Morgan fingerprint density at radius 3 is 2.88 bits per heavy atom. The molecule has 1 aliphatic carbocycles. The minimum atomic E-state index is -0.0577. The first kappa shape index (κ1) is 17.0. The molecule has 0 unspecified atom stereocenters. The van der Waals surface area contributed by atoms with Crippen molar-refractivity contribution in [1.82, 2.24) is 25.3 Å². The number of rotatable bonds is 5. The Morgan fingerprint density at radius 1 is 1.35 bits per heavy atom. The first-order chi connectivity index (χ1) is 12.7. The first-order valence-corrected chi connectivity index (χ1v) is 9.71. The maximum Gasteiger partial charge on any atom is 0.257 e. The van der Waals surface area contributed by atoms with E-state index in [2.05, 4.69) is 20.6 Å². The number of aryl methyl sites for hydroxylation is 1. The largest absolute Gasteiger partial charge is 0.420 e. The maximum absolute atomic E-state index is 12.1. The van der Waals surface area contributed by atoms with Crippen LogP contribution in [0.4, 0.5) is 0 Å². The summed E-state index contributed by atoms with van der Waals surface area (Å²) in [6, 6.07) is 3.97. The van der Waals surface area contributed by atoms with Crippen molar-refractivity contribution in [3.8, 4) is 10.8 Å². The van der Waals surface area contributed by atoms with Crippen molar-refractivity contribution in [2.45, 2.75) is 31.6 Å². The van der Waals surface area contributed by atoms with E-state index >= 15 is 0 Å². The highest BCUT2D eigenvalue weighted by atomic mass is 32.1. The van der Waals surface area contributed by atoms with Crippen LogP contribution in [0.1, 0.15) is 47.8 Å². The molecule has 7 nitrogen and oxygen atoms in total. The molecule has 3 aromatic rings. The molecule has 0 aliphatic heterocycles. The Bertz CT molecular complexity index is 862. The number of hydrogen-bond donors (Lipinski definition) is 1. The van der Waals surface area contributed by atoms with Crippen LogP contribution >= 0.6 is 11.3 Å². The molecule has 0 atom stereocenters. The van der Waals surface area contributed by atoms with Crippen LogP contribution < -0.4 is 5.32 Å². The second-order valence-electron chi connectivity index (χ2n) is 6.75. The first-order valence-electron chi connectivity index (χ1n) is 8.83. The number of hydrogen-bond acceptors (Lipinski definition) is 6. The highest BCUT2D eigenvalue weighted by molar-refractivity contribution is 7.13. The van der Waals surface area contributed by atoms with E-state index in [0.717, 1.165) is 36.5 Å². The zero-order valence-corrected chi connectivity index (χ0v) is 15.4. The molecule has 136 valence electrons. The van der Waals surface area contributed by atoms with E-state index in [4.69, 9.17) is 4.42 Å². The van der Waals surface area contributed by atoms with Crippen molar-refractivity contribution in [1.29, 1.82) is 0 Å². The Balaban J connectivity index is 1.27. The van der Waals surface area contributed by atoms with Gasteiger partial charge in [-0.25, -0.2) is 0 Å². The molecule has 1 amide bonds. The zero-order valence-electron chi connectivity index (χ0n) is 14.6. The lowest BCUT2D eigenvalue weighted by atomic mass is 9.82. The molecule has 0 radical (unpaired) electrons. The van der Waals surface area contributed by atoms with E-state index in [1.165, 1.54) is 0 Å². The van der Waals surface area contributed by atoms with Crippen LogP contribution in [-0.2, 0) is 7.05 Å². The van der Waals surface area contributed by atoms with Gasteiger partial charge in [0.25, 0.3) is 11.8 Å². The molecular weight excluding hydrogens is 350 g/mol. The molecule has 0 saturated heterocycles. The summed E-state index contributed by atoms with van der Waals surface area (Å²) in [5.74, 6) is 2.11. The average Bonchev–Trinajstić information content (AvgIpc) is 3.40. The molecule has 0 aromatic carbocycles. The number of carbonyl (C=O) groups is 1. The maximum atomic E-state index is 12.1. The number of nitrogens with one attached hydrogen (secondary N) is 1. The molecule has 4 rings (SSSR count). The van der Waals surface area contributed by atoms with Gasteiger partial charge in [0, 0.05) is 25.7 Å².